The molecular weight excluding hydrogens is 212 g/mol. The molecular formula is C13H22N4. The van der Waals surface area contributed by atoms with Crippen molar-refractivity contribution in [3.8, 4) is 0 Å². The van der Waals surface area contributed by atoms with Gasteiger partial charge in [-0.1, -0.05) is 20.8 Å². The topological polar surface area (TPSA) is 55.0 Å². The Morgan fingerprint density at radius 3 is 2.88 bits per heavy atom. The van der Waals surface area contributed by atoms with Gasteiger partial charge in [-0.15, -0.1) is 0 Å². The summed E-state index contributed by atoms with van der Waals surface area (Å²) in [5.41, 5.74) is 5.85. The molecule has 0 bridgehead atoms. The van der Waals surface area contributed by atoms with E-state index in [4.69, 9.17) is 5.73 Å². The normalized spacial score (nSPS) is 20.2. The van der Waals surface area contributed by atoms with Gasteiger partial charge in [-0.3, -0.25) is 0 Å². The summed E-state index contributed by atoms with van der Waals surface area (Å²) in [6, 6.07) is 2.49. The van der Waals surface area contributed by atoms with Crippen LogP contribution in [-0.4, -0.2) is 22.6 Å². The number of aryl methyl sites for hydroxylation is 1. The highest BCUT2D eigenvalue weighted by molar-refractivity contribution is 5.48. The number of rotatable bonds is 3. The molecule has 17 heavy (non-hydrogen) atoms. The maximum absolute atomic E-state index is 5.85. The highest BCUT2D eigenvalue weighted by Crippen LogP contribution is 2.29. The number of aromatic nitrogens is 2. The van der Waals surface area contributed by atoms with E-state index in [1.165, 1.54) is 12.8 Å². The minimum absolute atomic E-state index is 0.584. The number of hydrogen-bond donors (Lipinski definition) is 1. The molecule has 94 valence electrons. The van der Waals surface area contributed by atoms with Gasteiger partial charge in [0.15, 0.2) is 0 Å². The predicted molar refractivity (Wildman–Crippen MR) is 71.0 cm³/mol. The Labute approximate surface area is 103 Å². The van der Waals surface area contributed by atoms with Crippen LogP contribution in [0.4, 0.5) is 11.6 Å². The third-order valence-electron chi connectivity index (χ3n) is 3.46. The van der Waals surface area contributed by atoms with Crippen LogP contribution in [0.5, 0.6) is 0 Å². The number of hydrogen-bond acceptors (Lipinski definition) is 4. The molecule has 0 saturated carbocycles. The number of nitrogen functional groups attached to an aromatic ring is 1. The first kappa shape index (κ1) is 12.1. The molecule has 1 aliphatic heterocycles. The van der Waals surface area contributed by atoms with Gasteiger partial charge in [0, 0.05) is 25.1 Å². The molecule has 1 atom stereocenters. The third kappa shape index (κ3) is 2.51. The molecule has 2 N–H and O–H groups in total. The zero-order valence-corrected chi connectivity index (χ0v) is 11.0. The summed E-state index contributed by atoms with van der Waals surface area (Å²) in [5.74, 6) is 3.08. The highest BCUT2D eigenvalue weighted by Gasteiger charge is 2.28. The summed E-state index contributed by atoms with van der Waals surface area (Å²) in [6.45, 7) is 7.69. The Morgan fingerprint density at radius 2 is 2.24 bits per heavy atom. The van der Waals surface area contributed by atoms with Gasteiger partial charge in [-0.2, -0.15) is 0 Å². The first-order chi connectivity index (χ1) is 8.11. The number of nitrogens with zero attached hydrogens (tertiary/aromatic N) is 3. The van der Waals surface area contributed by atoms with Crippen molar-refractivity contribution in [1.82, 2.24) is 9.97 Å². The van der Waals surface area contributed by atoms with Crippen molar-refractivity contribution in [2.45, 2.75) is 46.1 Å². The predicted octanol–water partition coefficient (Wildman–Crippen LogP) is 2.25. The van der Waals surface area contributed by atoms with E-state index in [9.17, 15) is 0 Å². The van der Waals surface area contributed by atoms with Crippen molar-refractivity contribution >= 4 is 11.6 Å². The van der Waals surface area contributed by atoms with Gasteiger partial charge in [-0.05, 0) is 18.8 Å². The van der Waals surface area contributed by atoms with Crippen molar-refractivity contribution < 1.29 is 0 Å². The van der Waals surface area contributed by atoms with E-state index >= 15 is 0 Å². The molecule has 1 aromatic rings. The molecule has 0 spiro atoms. The van der Waals surface area contributed by atoms with Crippen LogP contribution < -0.4 is 10.6 Å². The second kappa shape index (κ2) is 4.90. The summed E-state index contributed by atoms with van der Waals surface area (Å²) in [4.78, 5) is 11.2. The molecule has 2 heterocycles. The standard InChI is InChI=1S/C13H22N4/c1-4-12-15-11(14)8-13(16-12)17-7-5-6-10(17)9(2)3/h8-10H,4-7H2,1-3H3,(H2,14,15,16). The van der Waals surface area contributed by atoms with Crippen molar-refractivity contribution in [3.63, 3.8) is 0 Å². The maximum Gasteiger partial charge on any atom is 0.134 e. The van der Waals surface area contributed by atoms with Crippen LogP contribution in [0.3, 0.4) is 0 Å². The van der Waals surface area contributed by atoms with Gasteiger partial charge < -0.3 is 10.6 Å². The third-order valence-corrected chi connectivity index (χ3v) is 3.46. The second-order valence-corrected chi connectivity index (χ2v) is 5.07. The number of anilines is 2. The van der Waals surface area contributed by atoms with Crippen LogP contribution >= 0.6 is 0 Å². The lowest BCUT2D eigenvalue weighted by Crippen LogP contribution is -2.34. The Balaban J connectivity index is 2.29. The van der Waals surface area contributed by atoms with E-state index in [0.29, 0.717) is 17.8 Å². The summed E-state index contributed by atoms with van der Waals surface area (Å²) < 4.78 is 0. The van der Waals surface area contributed by atoms with Gasteiger partial charge in [0.1, 0.15) is 17.5 Å². The van der Waals surface area contributed by atoms with Crippen LogP contribution in [0.1, 0.15) is 39.4 Å². The average molecular weight is 234 g/mol. The largest absolute Gasteiger partial charge is 0.384 e. The van der Waals surface area contributed by atoms with Crippen molar-refractivity contribution in [2.24, 2.45) is 5.92 Å². The van der Waals surface area contributed by atoms with Gasteiger partial charge in [-0.25, -0.2) is 9.97 Å². The maximum atomic E-state index is 5.85. The second-order valence-electron chi connectivity index (χ2n) is 5.07. The minimum Gasteiger partial charge on any atom is -0.384 e. The van der Waals surface area contributed by atoms with Crippen LogP contribution in [0, 0.1) is 5.92 Å². The van der Waals surface area contributed by atoms with E-state index in [1.807, 2.05) is 6.07 Å². The zero-order chi connectivity index (χ0) is 12.4. The van der Waals surface area contributed by atoms with Gasteiger partial charge in [0.2, 0.25) is 0 Å². The fourth-order valence-corrected chi connectivity index (χ4v) is 2.58. The minimum atomic E-state index is 0.584. The molecule has 1 aromatic heterocycles. The quantitative estimate of drug-likeness (QED) is 0.871. The first-order valence-electron chi connectivity index (χ1n) is 6.52. The van der Waals surface area contributed by atoms with Gasteiger partial charge in [0.25, 0.3) is 0 Å². The van der Waals surface area contributed by atoms with Crippen LogP contribution in [0.15, 0.2) is 6.07 Å². The fourth-order valence-electron chi connectivity index (χ4n) is 2.58. The lowest BCUT2D eigenvalue weighted by molar-refractivity contribution is 0.489. The van der Waals surface area contributed by atoms with Crippen molar-refractivity contribution in [3.05, 3.63) is 11.9 Å². The smallest absolute Gasteiger partial charge is 0.134 e. The summed E-state index contributed by atoms with van der Waals surface area (Å²) >= 11 is 0. The molecule has 4 nitrogen and oxygen atoms in total. The molecule has 0 amide bonds. The Bertz CT molecular complexity index is 389. The zero-order valence-electron chi connectivity index (χ0n) is 11.0. The van der Waals surface area contributed by atoms with Crippen molar-refractivity contribution in [1.29, 1.82) is 0 Å². The fraction of sp³-hybridized carbons (Fsp3) is 0.692. The van der Waals surface area contributed by atoms with Crippen molar-refractivity contribution in [2.75, 3.05) is 17.2 Å². The Morgan fingerprint density at radius 1 is 1.47 bits per heavy atom. The van der Waals surface area contributed by atoms with Crippen LogP contribution in [-0.2, 0) is 6.42 Å². The molecule has 1 aliphatic rings. The number of nitrogens with two attached hydrogens (primary N) is 1. The van der Waals surface area contributed by atoms with E-state index in [1.54, 1.807) is 0 Å². The molecule has 0 aromatic carbocycles. The van der Waals surface area contributed by atoms with E-state index < -0.39 is 0 Å². The SMILES string of the molecule is CCc1nc(N)cc(N2CCCC2C(C)C)n1. The van der Waals surface area contributed by atoms with Crippen LogP contribution in [0.2, 0.25) is 0 Å². The monoisotopic (exact) mass is 234 g/mol. The molecule has 2 rings (SSSR count). The Hall–Kier alpha value is -1.32. The lowest BCUT2D eigenvalue weighted by atomic mass is 10.0. The molecule has 0 radical (unpaired) electrons. The molecule has 1 unspecified atom stereocenters. The Kier molecular flexibility index (Phi) is 3.50. The molecule has 4 heteroatoms. The highest BCUT2D eigenvalue weighted by atomic mass is 15.2. The lowest BCUT2D eigenvalue weighted by Gasteiger charge is -2.29. The van der Waals surface area contributed by atoms with E-state index in [2.05, 4.69) is 35.6 Å². The summed E-state index contributed by atoms with van der Waals surface area (Å²) in [5, 5.41) is 0. The van der Waals surface area contributed by atoms with Gasteiger partial charge in [0.05, 0.1) is 0 Å². The van der Waals surface area contributed by atoms with E-state index in [0.717, 1.165) is 24.6 Å². The summed E-state index contributed by atoms with van der Waals surface area (Å²) in [6.07, 6.45) is 3.33. The van der Waals surface area contributed by atoms with E-state index in [-0.39, 0.29) is 0 Å². The summed E-state index contributed by atoms with van der Waals surface area (Å²) in [7, 11) is 0. The van der Waals surface area contributed by atoms with Gasteiger partial charge >= 0.3 is 0 Å². The molecule has 1 fully saturated rings. The average Bonchev–Trinajstić information content (AvgIpc) is 2.77. The first-order valence-corrected chi connectivity index (χ1v) is 6.52. The van der Waals surface area contributed by atoms with Crippen LogP contribution in [0.25, 0.3) is 0 Å². The molecule has 0 aliphatic carbocycles. The molecule has 1 saturated heterocycles.